The molecule has 2 saturated heterocycles. The van der Waals surface area contributed by atoms with Crippen LogP contribution in [0, 0.1) is 6.92 Å². The molecule has 0 saturated carbocycles. The largest absolute Gasteiger partial charge is 0.507 e. The summed E-state index contributed by atoms with van der Waals surface area (Å²) in [5.41, 5.74) is 1.90. The number of ether oxygens (including phenoxy) is 2. The van der Waals surface area contributed by atoms with E-state index in [1.165, 1.54) is 0 Å². The molecule has 3 heterocycles. The zero-order valence-electron chi connectivity index (χ0n) is 20.8. The number of hydrogen-bond acceptors (Lipinski definition) is 7. The number of Topliss-reactive ketones (excluding diaryl/α,β-unsaturated/α-hetero) is 1. The Bertz CT molecular complexity index is 1170. The van der Waals surface area contributed by atoms with Crippen LogP contribution in [0.4, 0.5) is 4.79 Å². The fourth-order valence-electron chi connectivity index (χ4n) is 4.90. The highest BCUT2D eigenvalue weighted by atomic mass is 16.6. The number of amides is 2. The van der Waals surface area contributed by atoms with Crippen LogP contribution in [0.1, 0.15) is 49.4 Å². The molecule has 190 valence electrons. The Hall–Kier alpha value is -3.88. The molecular weight excluding hydrogens is 462 g/mol. The average molecular weight is 494 g/mol. The Morgan fingerprint density at radius 2 is 1.89 bits per heavy atom. The Balaban J connectivity index is 1.72. The molecule has 1 aromatic heterocycles. The van der Waals surface area contributed by atoms with Crippen molar-refractivity contribution in [1.29, 1.82) is 0 Å². The van der Waals surface area contributed by atoms with Crippen LogP contribution in [0.3, 0.4) is 0 Å². The zero-order chi connectivity index (χ0) is 25.8. The minimum Gasteiger partial charge on any atom is -0.507 e. The first-order valence-electron chi connectivity index (χ1n) is 12.2. The lowest BCUT2D eigenvalue weighted by Crippen LogP contribution is -2.48. The molecule has 1 unspecified atom stereocenters. The van der Waals surface area contributed by atoms with E-state index in [1.54, 1.807) is 59.4 Å². The summed E-state index contributed by atoms with van der Waals surface area (Å²) in [4.78, 5) is 46.2. The zero-order valence-corrected chi connectivity index (χ0v) is 20.8. The molecule has 2 aromatic rings. The Kier molecular flexibility index (Phi) is 7.57. The van der Waals surface area contributed by atoms with Crippen molar-refractivity contribution in [2.45, 2.75) is 45.7 Å². The van der Waals surface area contributed by atoms with Crippen molar-refractivity contribution < 1.29 is 29.0 Å². The van der Waals surface area contributed by atoms with E-state index in [1.807, 2.05) is 13.8 Å². The third kappa shape index (κ3) is 4.78. The molecule has 0 bridgehead atoms. The molecule has 0 spiro atoms. The van der Waals surface area contributed by atoms with Crippen LogP contribution in [0.25, 0.3) is 5.76 Å². The van der Waals surface area contributed by atoms with Gasteiger partial charge in [0.25, 0.3) is 11.7 Å². The van der Waals surface area contributed by atoms with Crippen molar-refractivity contribution in [3.8, 4) is 5.75 Å². The third-order valence-corrected chi connectivity index (χ3v) is 6.61. The summed E-state index contributed by atoms with van der Waals surface area (Å²) < 4.78 is 10.7. The normalized spacial score (nSPS) is 20.0. The highest BCUT2D eigenvalue weighted by molar-refractivity contribution is 6.46. The SMILES string of the molecule is CCOC(=O)N1CCC(N2C(=O)C(=O)/C(=C(/O)c3ccc(OCC)c(C)c3)C2c2cccnc2)CC1. The van der Waals surface area contributed by atoms with Crippen molar-refractivity contribution in [1.82, 2.24) is 14.8 Å². The molecule has 36 heavy (non-hydrogen) atoms. The van der Waals surface area contributed by atoms with Gasteiger partial charge >= 0.3 is 6.09 Å². The highest BCUT2D eigenvalue weighted by Gasteiger charge is 2.49. The summed E-state index contributed by atoms with van der Waals surface area (Å²) in [6.07, 6.45) is 3.82. The van der Waals surface area contributed by atoms with E-state index < -0.39 is 17.7 Å². The Morgan fingerprint density at radius 3 is 2.50 bits per heavy atom. The number of carbonyl (C=O) groups is 3. The fraction of sp³-hybridized carbons (Fsp3) is 0.407. The lowest BCUT2D eigenvalue weighted by molar-refractivity contribution is -0.142. The van der Waals surface area contributed by atoms with Gasteiger partial charge in [-0.15, -0.1) is 0 Å². The van der Waals surface area contributed by atoms with Crippen LogP contribution in [-0.4, -0.2) is 70.0 Å². The number of benzene rings is 1. The van der Waals surface area contributed by atoms with Gasteiger partial charge in [0.2, 0.25) is 0 Å². The van der Waals surface area contributed by atoms with E-state index in [9.17, 15) is 19.5 Å². The van der Waals surface area contributed by atoms with Crippen molar-refractivity contribution >= 4 is 23.5 Å². The lowest BCUT2D eigenvalue weighted by atomic mass is 9.94. The minimum atomic E-state index is -0.787. The maximum atomic E-state index is 13.3. The van der Waals surface area contributed by atoms with Crippen LogP contribution in [-0.2, 0) is 14.3 Å². The van der Waals surface area contributed by atoms with E-state index >= 15 is 0 Å². The molecule has 1 aromatic carbocycles. The average Bonchev–Trinajstić information content (AvgIpc) is 3.16. The third-order valence-electron chi connectivity index (χ3n) is 6.61. The number of hydrogen-bond donors (Lipinski definition) is 1. The number of aliphatic hydroxyl groups is 1. The molecule has 0 radical (unpaired) electrons. The van der Waals surface area contributed by atoms with Crippen LogP contribution < -0.4 is 4.74 Å². The number of carbonyl (C=O) groups excluding carboxylic acids is 3. The smallest absolute Gasteiger partial charge is 0.409 e. The number of ketones is 1. The first kappa shape index (κ1) is 25.2. The van der Waals surface area contributed by atoms with Gasteiger partial charge in [-0.1, -0.05) is 6.07 Å². The van der Waals surface area contributed by atoms with Crippen molar-refractivity contribution in [2.24, 2.45) is 0 Å². The Labute approximate surface area is 210 Å². The number of nitrogens with zero attached hydrogens (tertiary/aromatic N) is 3. The fourth-order valence-corrected chi connectivity index (χ4v) is 4.90. The van der Waals surface area contributed by atoms with E-state index in [4.69, 9.17) is 9.47 Å². The van der Waals surface area contributed by atoms with Crippen LogP contribution >= 0.6 is 0 Å². The Morgan fingerprint density at radius 1 is 1.14 bits per heavy atom. The minimum absolute atomic E-state index is 0.0318. The summed E-state index contributed by atoms with van der Waals surface area (Å²) in [6, 6.07) is 7.62. The molecule has 9 nitrogen and oxygen atoms in total. The second-order valence-corrected chi connectivity index (χ2v) is 8.82. The molecule has 9 heteroatoms. The summed E-state index contributed by atoms with van der Waals surface area (Å²) in [7, 11) is 0. The second-order valence-electron chi connectivity index (χ2n) is 8.82. The maximum Gasteiger partial charge on any atom is 0.409 e. The second kappa shape index (κ2) is 10.8. The van der Waals surface area contributed by atoms with Crippen LogP contribution in [0.15, 0.2) is 48.3 Å². The van der Waals surface area contributed by atoms with Gasteiger partial charge in [0, 0.05) is 37.1 Å². The molecule has 4 rings (SSSR count). The molecule has 2 amide bonds. The van der Waals surface area contributed by atoms with Crippen molar-refractivity contribution in [3.63, 3.8) is 0 Å². The number of aryl methyl sites for hydroxylation is 1. The molecule has 1 atom stereocenters. The number of aliphatic hydroxyl groups excluding tert-OH is 1. The van der Waals surface area contributed by atoms with Crippen LogP contribution in [0.5, 0.6) is 5.75 Å². The molecule has 2 fully saturated rings. The van der Waals surface area contributed by atoms with Gasteiger partial charge in [0.1, 0.15) is 11.5 Å². The summed E-state index contributed by atoms with van der Waals surface area (Å²) >= 11 is 0. The summed E-state index contributed by atoms with van der Waals surface area (Å²) in [5, 5.41) is 11.3. The monoisotopic (exact) mass is 493 g/mol. The molecule has 2 aliphatic rings. The van der Waals surface area contributed by atoms with E-state index in [0.717, 1.165) is 5.56 Å². The van der Waals surface area contributed by atoms with Gasteiger partial charge in [-0.3, -0.25) is 14.6 Å². The number of piperidine rings is 1. The molecule has 0 aliphatic carbocycles. The van der Waals surface area contributed by atoms with Gasteiger partial charge in [-0.25, -0.2) is 4.79 Å². The predicted octanol–water partition coefficient (Wildman–Crippen LogP) is 3.83. The molecule has 1 N–H and O–H groups in total. The van der Waals surface area contributed by atoms with Gasteiger partial charge in [0.05, 0.1) is 24.8 Å². The maximum absolute atomic E-state index is 13.3. The molecular formula is C27H31N3O6. The highest BCUT2D eigenvalue weighted by Crippen LogP contribution is 2.42. The summed E-state index contributed by atoms with van der Waals surface area (Å²) in [6.45, 7) is 7.11. The van der Waals surface area contributed by atoms with Gasteiger partial charge in [-0.05, 0) is 69.0 Å². The van der Waals surface area contributed by atoms with Crippen molar-refractivity contribution in [3.05, 3.63) is 65.0 Å². The first-order valence-corrected chi connectivity index (χ1v) is 12.2. The summed E-state index contributed by atoms with van der Waals surface area (Å²) in [5.74, 6) is -0.949. The first-order chi connectivity index (χ1) is 17.4. The van der Waals surface area contributed by atoms with E-state index in [-0.39, 0.29) is 23.5 Å². The van der Waals surface area contributed by atoms with E-state index in [2.05, 4.69) is 4.98 Å². The predicted molar refractivity (Wildman–Crippen MR) is 132 cm³/mol. The van der Waals surface area contributed by atoms with Gasteiger partial charge in [0.15, 0.2) is 0 Å². The standard InChI is InChI=1S/C27H31N3O6/c1-4-35-21-9-8-18(15-17(21)3)24(31)22-23(19-7-6-12-28-16-19)30(26(33)25(22)32)20-10-13-29(14-11-20)27(34)36-5-2/h6-9,12,15-16,20,23,31H,4-5,10-11,13-14H2,1-3H3/b24-22+. The van der Waals surface area contributed by atoms with Gasteiger partial charge in [-0.2, -0.15) is 0 Å². The van der Waals surface area contributed by atoms with Crippen LogP contribution in [0.2, 0.25) is 0 Å². The number of aromatic nitrogens is 1. The number of pyridine rings is 1. The lowest BCUT2D eigenvalue weighted by Gasteiger charge is -2.38. The quantitative estimate of drug-likeness (QED) is 0.370. The van der Waals surface area contributed by atoms with Crippen molar-refractivity contribution in [2.75, 3.05) is 26.3 Å². The number of likely N-dealkylation sites (tertiary alicyclic amines) is 2. The van der Waals surface area contributed by atoms with E-state index in [0.29, 0.717) is 56.0 Å². The number of rotatable bonds is 6. The van der Waals surface area contributed by atoms with Gasteiger partial charge < -0.3 is 24.4 Å². The molecule has 2 aliphatic heterocycles. The topological polar surface area (TPSA) is 109 Å².